The monoisotopic (exact) mass is 206 g/mol. The van der Waals surface area contributed by atoms with Crippen LogP contribution in [0.15, 0.2) is 6.20 Å². The summed E-state index contributed by atoms with van der Waals surface area (Å²) in [5.41, 5.74) is 1.66. The largest absolute Gasteiger partial charge is 0.384 e. The highest BCUT2D eigenvalue weighted by Gasteiger charge is 2.65. The lowest BCUT2D eigenvalue weighted by Gasteiger charge is -2.09. The van der Waals surface area contributed by atoms with Crippen molar-refractivity contribution in [3.05, 3.63) is 17.5 Å². The first-order valence-corrected chi connectivity index (χ1v) is 5.87. The molecule has 2 atom stereocenters. The predicted octanol–water partition coefficient (Wildman–Crippen LogP) is 1.74. The van der Waals surface area contributed by atoms with Gasteiger partial charge in [-0.15, -0.1) is 0 Å². The first kappa shape index (κ1) is 9.40. The number of aryl methyl sites for hydroxylation is 1. The SMILES string of the molecule is Cc1c(C2(O)C3CCCCC32)cnn1C. The third-order valence-electron chi connectivity index (χ3n) is 4.45. The van der Waals surface area contributed by atoms with Crippen molar-refractivity contribution in [2.75, 3.05) is 0 Å². The summed E-state index contributed by atoms with van der Waals surface area (Å²) >= 11 is 0. The summed E-state index contributed by atoms with van der Waals surface area (Å²) in [7, 11) is 1.94. The Hall–Kier alpha value is -0.830. The van der Waals surface area contributed by atoms with E-state index in [0.717, 1.165) is 11.3 Å². The Bertz CT molecular complexity index is 384. The molecule has 2 unspecified atom stereocenters. The van der Waals surface area contributed by atoms with Crippen LogP contribution in [0.2, 0.25) is 0 Å². The lowest BCUT2D eigenvalue weighted by atomic mass is 10.0. The van der Waals surface area contributed by atoms with Crippen LogP contribution in [-0.2, 0) is 12.6 Å². The number of hydrogen-bond acceptors (Lipinski definition) is 2. The number of aliphatic hydroxyl groups is 1. The minimum absolute atomic E-state index is 0.508. The molecule has 0 bridgehead atoms. The fourth-order valence-electron chi connectivity index (χ4n) is 3.38. The first-order chi connectivity index (χ1) is 7.15. The molecular formula is C12H18N2O. The fraction of sp³-hybridized carbons (Fsp3) is 0.750. The van der Waals surface area contributed by atoms with Crippen molar-refractivity contribution in [3.8, 4) is 0 Å². The van der Waals surface area contributed by atoms with E-state index < -0.39 is 5.60 Å². The van der Waals surface area contributed by atoms with Crippen LogP contribution < -0.4 is 0 Å². The maximum atomic E-state index is 10.7. The molecule has 2 fully saturated rings. The summed E-state index contributed by atoms with van der Waals surface area (Å²) in [6, 6.07) is 0. The number of rotatable bonds is 1. The molecule has 0 amide bonds. The first-order valence-electron chi connectivity index (χ1n) is 5.87. The van der Waals surface area contributed by atoms with Crippen LogP contribution in [0.25, 0.3) is 0 Å². The van der Waals surface area contributed by atoms with Gasteiger partial charge < -0.3 is 5.11 Å². The molecule has 15 heavy (non-hydrogen) atoms. The lowest BCUT2D eigenvalue weighted by Crippen LogP contribution is -2.11. The number of fused-ring (bicyclic) bond motifs is 1. The predicted molar refractivity (Wildman–Crippen MR) is 57.3 cm³/mol. The molecule has 3 nitrogen and oxygen atoms in total. The number of aromatic nitrogens is 2. The van der Waals surface area contributed by atoms with Crippen LogP contribution in [0.1, 0.15) is 36.9 Å². The quantitative estimate of drug-likeness (QED) is 0.760. The normalized spacial score (nSPS) is 38.9. The van der Waals surface area contributed by atoms with Crippen LogP contribution >= 0.6 is 0 Å². The Morgan fingerprint density at radius 1 is 1.40 bits per heavy atom. The fourth-order valence-corrected chi connectivity index (χ4v) is 3.38. The zero-order valence-corrected chi connectivity index (χ0v) is 9.40. The van der Waals surface area contributed by atoms with Gasteiger partial charge in [-0.25, -0.2) is 0 Å². The van der Waals surface area contributed by atoms with Crippen LogP contribution in [0.4, 0.5) is 0 Å². The van der Waals surface area contributed by atoms with Crippen LogP contribution in [0, 0.1) is 18.8 Å². The zero-order chi connectivity index (χ0) is 10.6. The average molecular weight is 206 g/mol. The van der Waals surface area contributed by atoms with Gasteiger partial charge in [-0.05, 0) is 31.6 Å². The van der Waals surface area contributed by atoms with E-state index in [-0.39, 0.29) is 0 Å². The van der Waals surface area contributed by atoms with Gasteiger partial charge in [0.2, 0.25) is 0 Å². The van der Waals surface area contributed by atoms with Crippen molar-refractivity contribution in [2.24, 2.45) is 18.9 Å². The van der Waals surface area contributed by atoms with E-state index >= 15 is 0 Å². The summed E-state index contributed by atoms with van der Waals surface area (Å²) in [5, 5.41) is 14.9. The molecule has 0 aromatic carbocycles. The molecule has 2 aliphatic rings. The van der Waals surface area contributed by atoms with E-state index in [4.69, 9.17) is 0 Å². The van der Waals surface area contributed by atoms with Crippen LogP contribution in [0.3, 0.4) is 0 Å². The van der Waals surface area contributed by atoms with E-state index in [1.165, 1.54) is 25.7 Å². The van der Waals surface area contributed by atoms with Gasteiger partial charge >= 0.3 is 0 Å². The summed E-state index contributed by atoms with van der Waals surface area (Å²) < 4.78 is 1.86. The summed E-state index contributed by atoms with van der Waals surface area (Å²) in [6.45, 7) is 2.05. The van der Waals surface area contributed by atoms with Gasteiger partial charge in [-0.1, -0.05) is 12.8 Å². The highest BCUT2D eigenvalue weighted by Crippen LogP contribution is 2.64. The molecule has 0 spiro atoms. The van der Waals surface area contributed by atoms with Crippen molar-refractivity contribution >= 4 is 0 Å². The van der Waals surface area contributed by atoms with Gasteiger partial charge in [-0.2, -0.15) is 5.10 Å². The molecule has 3 rings (SSSR count). The molecular weight excluding hydrogens is 188 g/mol. The van der Waals surface area contributed by atoms with Crippen LogP contribution in [-0.4, -0.2) is 14.9 Å². The summed E-state index contributed by atoms with van der Waals surface area (Å²) in [6.07, 6.45) is 6.80. The minimum Gasteiger partial charge on any atom is -0.384 e. The van der Waals surface area contributed by atoms with E-state index in [1.54, 1.807) is 0 Å². The Labute approximate surface area is 90.1 Å². The van der Waals surface area contributed by atoms with Crippen molar-refractivity contribution in [2.45, 2.75) is 38.2 Å². The Morgan fingerprint density at radius 3 is 2.47 bits per heavy atom. The number of hydrogen-bond donors (Lipinski definition) is 1. The Kier molecular flexibility index (Phi) is 1.78. The maximum absolute atomic E-state index is 10.7. The summed E-state index contributed by atoms with van der Waals surface area (Å²) in [4.78, 5) is 0. The van der Waals surface area contributed by atoms with E-state index in [2.05, 4.69) is 5.10 Å². The average Bonchev–Trinajstić information content (AvgIpc) is 2.71. The van der Waals surface area contributed by atoms with Gasteiger partial charge in [0.05, 0.1) is 11.8 Å². The third kappa shape index (κ3) is 1.07. The second kappa shape index (κ2) is 2.85. The molecule has 1 aromatic rings. The highest BCUT2D eigenvalue weighted by molar-refractivity contribution is 5.34. The highest BCUT2D eigenvalue weighted by atomic mass is 16.3. The van der Waals surface area contributed by atoms with Crippen molar-refractivity contribution in [3.63, 3.8) is 0 Å². The Morgan fingerprint density at radius 2 is 2.00 bits per heavy atom. The molecule has 82 valence electrons. The van der Waals surface area contributed by atoms with Gasteiger partial charge in [0.25, 0.3) is 0 Å². The molecule has 2 aliphatic carbocycles. The zero-order valence-electron chi connectivity index (χ0n) is 9.40. The molecule has 1 N–H and O–H groups in total. The second-order valence-corrected chi connectivity index (χ2v) is 5.09. The van der Waals surface area contributed by atoms with E-state index in [0.29, 0.717) is 11.8 Å². The topological polar surface area (TPSA) is 38.1 Å². The number of nitrogens with zero attached hydrogens (tertiary/aromatic N) is 2. The minimum atomic E-state index is -0.533. The lowest BCUT2D eigenvalue weighted by molar-refractivity contribution is 0.117. The third-order valence-corrected chi connectivity index (χ3v) is 4.45. The van der Waals surface area contributed by atoms with Crippen LogP contribution in [0.5, 0.6) is 0 Å². The van der Waals surface area contributed by atoms with Crippen molar-refractivity contribution in [1.82, 2.24) is 9.78 Å². The molecule has 1 heterocycles. The van der Waals surface area contributed by atoms with Gasteiger partial charge in [0.15, 0.2) is 0 Å². The standard InChI is InChI=1S/C12H18N2O/c1-8-11(7-13-14(8)2)12(15)9-5-3-4-6-10(9)12/h7,9-10,15H,3-6H2,1-2H3. The van der Waals surface area contributed by atoms with Gasteiger partial charge in [0, 0.05) is 18.3 Å². The Balaban J connectivity index is 1.98. The molecule has 1 aromatic heterocycles. The second-order valence-electron chi connectivity index (χ2n) is 5.09. The van der Waals surface area contributed by atoms with Gasteiger partial charge in [-0.3, -0.25) is 4.68 Å². The molecule has 0 aliphatic heterocycles. The molecule has 3 heteroatoms. The molecule has 0 saturated heterocycles. The molecule has 0 radical (unpaired) electrons. The van der Waals surface area contributed by atoms with Crippen molar-refractivity contribution < 1.29 is 5.11 Å². The van der Waals surface area contributed by atoms with Crippen molar-refractivity contribution in [1.29, 1.82) is 0 Å². The van der Waals surface area contributed by atoms with E-state index in [1.807, 2.05) is 24.9 Å². The smallest absolute Gasteiger partial charge is 0.0993 e. The van der Waals surface area contributed by atoms with E-state index in [9.17, 15) is 5.11 Å². The molecule has 2 saturated carbocycles. The maximum Gasteiger partial charge on any atom is 0.0993 e. The van der Waals surface area contributed by atoms with Gasteiger partial charge in [0.1, 0.15) is 0 Å². The summed E-state index contributed by atoms with van der Waals surface area (Å²) in [5.74, 6) is 1.02.